The quantitative estimate of drug-likeness (QED) is 0.883. The molecule has 1 atom stereocenters. The number of ether oxygens (including phenoxy) is 1. The standard InChI is InChI=1S/C12H15ClN2O4S/c1-14-12(16)11-5-6-15(20(2,17)18)9-7-8(13)3-4-10(9)19-11/h3-4,7,11H,5-6H2,1-2H3,(H,14,16). The molecule has 6 nitrogen and oxygen atoms in total. The maximum atomic E-state index is 11.9. The van der Waals surface area contributed by atoms with Crippen molar-refractivity contribution in [3.05, 3.63) is 23.2 Å². The topological polar surface area (TPSA) is 75.7 Å². The Kier molecular flexibility index (Phi) is 4.10. The monoisotopic (exact) mass is 318 g/mol. The lowest BCUT2D eigenvalue weighted by molar-refractivity contribution is -0.127. The lowest BCUT2D eigenvalue weighted by atomic mass is 10.2. The SMILES string of the molecule is CNC(=O)C1CCN(S(C)(=O)=O)c2cc(Cl)ccc2O1. The Morgan fingerprint density at radius 3 is 2.80 bits per heavy atom. The fourth-order valence-electron chi connectivity index (χ4n) is 2.04. The van der Waals surface area contributed by atoms with E-state index in [2.05, 4.69) is 5.32 Å². The second kappa shape index (κ2) is 5.49. The Bertz CT molecular complexity index is 632. The number of halogens is 1. The molecule has 0 fully saturated rings. The van der Waals surface area contributed by atoms with Crippen LogP contribution >= 0.6 is 11.6 Å². The minimum Gasteiger partial charge on any atom is -0.478 e. The molecule has 8 heteroatoms. The predicted molar refractivity (Wildman–Crippen MR) is 76.7 cm³/mol. The van der Waals surface area contributed by atoms with Crippen molar-refractivity contribution < 1.29 is 17.9 Å². The van der Waals surface area contributed by atoms with E-state index in [1.54, 1.807) is 12.1 Å². The van der Waals surface area contributed by atoms with Gasteiger partial charge in [-0.15, -0.1) is 0 Å². The van der Waals surface area contributed by atoms with Gasteiger partial charge in [0.2, 0.25) is 10.0 Å². The summed E-state index contributed by atoms with van der Waals surface area (Å²) in [6.07, 6.45) is 0.642. The molecule has 1 N–H and O–H groups in total. The van der Waals surface area contributed by atoms with Crippen LogP contribution in [0.4, 0.5) is 5.69 Å². The van der Waals surface area contributed by atoms with Gasteiger partial charge >= 0.3 is 0 Å². The normalized spacial score (nSPS) is 18.8. The Hall–Kier alpha value is -1.47. The van der Waals surface area contributed by atoms with Crippen molar-refractivity contribution in [1.82, 2.24) is 5.32 Å². The number of nitrogens with zero attached hydrogens (tertiary/aromatic N) is 1. The molecule has 1 heterocycles. The zero-order chi connectivity index (χ0) is 14.9. The molecule has 20 heavy (non-hydrogen) atoms. The molecule has 1 aliphatic heterocycles. The molecular weight excluding hydrogens is 304 g/mol. The summed E-state index contributed by atoms with van der Waals surface area (Å²) in [6.45, 7) is 0.157. The van der Waals surface area contributed by atoms with Crippen LogP contribution in [-0.4, -0.2) is 40.3 Å². The first-order valence-corrected chi connectivity index (χ1v) is 8.21. The van der Waals surface area contributed by atoms with Crippen molar-refractivity contribution in [3.63, 3.8) is 0 Å². The first kappa shape index (κ1) is 14.9. The number of hydrogen-bond acceptors (Lipinski definition) is 4. The van der Waals surface area contributed by atoms with Gasteiger partial charge in [-0.3, -0.25) is 9.10 Å². The molecule has 0 saturated carbocycles. The molecule has 2 rings (SSSR count). The summed E-state index contributed by atoms with van der Waals surface area (Å²) >= 11 is 5.92. The van der Waals surface area contributed by atoms with Gasteiger partial charge in [0.1, 0.15) is 5.75 Å². The van der Waals surface area contributed by atoms with Crippen LogP contribution in [-0.2, 0) is 14.8 Å². The first-order chi connectivity index (χ1) is 9.32. The fraction of sp³-hybridized carbons (Fsp3) is 0.417. The van der Waals surface area contributed by atoms with E-state index in [9.17, 15) is 13.2 Å². The summed E-state index contributed by atoms with van der Waals surface area (Å²) in [6, 6.07) is 4.67. The molecule has 0 spiro atoms. The van der Waals surface area contributed by atoms with Crippen LogP contribution in [0.15, 0.2) is 18.2 Å². The predicted octanol–water partition coefficient (Wildman–Crippen LogP) is 1.00. The average molecular weight is 319 g/mol. The second-order valence-corrected chi connectivity index (χ2v) is 6.80. The number of nitrogens with one attached hydrogen (secondary N) is 1. The number of fused-ring (bicyclic) bond motifs is 1. The number of sulfonamides is 1. The Labute approximate surface area is 122 Å². The van der Waals surface area contributed by atoms with Gasteiger partial charge in [-0.1, -0.05) is 11.6 Å². The number of likely N-dealkylation sites (N-methyl/N-ethyl adjacent to an activating group) is 1. The molecule has 0 saturated heterocycles. The third-order valence-corrected chi connectivity index (χ3v) is 4.41. The zero-order valence-corrected chi connectivity index (χ0v) is 12.7. The summed E-state index contributed by atoms with van der Waals surface area (Å²) in [4.78, 5) is 11.7. The Morgan fingerprint density at radius 2 is 2.20 bits per heavy atom. The minimum absolute atomic E-state index is 0.157. The number of carbonyl (C=O) groups excluding carboxylic acids is 1. The number of carbonyl (C=O) groups is 1. The van der Waals surface area contributed by atoms with Crippen LogP contribution in [0.5, 0.6) is 5.75 Å². The maximum absolute atomic E-state index is 11.9. The molecule has 110 valence electrons. The molecule has 0 radical (unpaired) electrons. The van der Waals surface area contributed by atoms with Gasteiger partial charge in [0.25, 0.3) is 5.91 Å². The highest BCUT2D eigenvalue weighted by Gasteiger charge is 2.30. The lowest BCUT2D eigenvalue weighted by Crippen LogP contribution is -2.38. The van der Waals surface area contributed by atoms with E-state index >= 15 is 0 Å². The van der Waals surface area contributed by atoms with Gasteiger partial charge in [0.05, 0.1) is 11.9 Å². The number of benzene rings is 1. The molecule has 1 aliphatic rings. The number of amides is 1. The molecule has 0 aromatic heterocycles. The third kappa shape index (κ3) is 2.99. The van der Waals surface area contributed by atoms with Crippen LogP contribution in [0.3, 0.4) is 0 Å². The molecule has 1 aromatic rings. The van der Waals surface area contributed by atoms with Crippen molar-refractivity contribution in [2.24, 2.45) is 0 Å². The van der Waals surface area contributed by atoms with E-state index in [4.69, 9.17) is 16.3 Å². The lowest BCUT2D eigenvalue weighted by Gasteiger charge is -2.21. The van der Waals surface area contributed by atoms with Crippen molar-refractivity contribution in [1.29, 1.82) is 0 Å². The summed E-state index contributed by atoms with van der Waals surface area (Å²) in [5.74, 6) is 0.0344. The van der Waals surface area contributed by atoms with Crippen LogP contribution < -0.4 is 14.4 Å². The van der Waals surface area contributed by atoms with Crippen molar-refractivity contribution in [2.45, 2.75) is 12.5 Å². The Morgan fingerprint density at radius 1 is 1.50 bits per heavy atom. The first-order valence-electron chi connectivity index (χ1n) is 5.98. The van der Waals surface area contributed by atoms with Crippen molar-refractivity contribution >= 4 is 33.2 Å². The summed E-state index contributed by atoms with van der Waals surface area (Å²) in [7, 11) is -1.96. The van der Waals surface area contributed by atoms with E-state index < -0.39 is 16.1 Å². The minimum atomic E-state index is -3.47. The van der Waals surface area contributed by atoms with Crippen molar-refractivity contribution in [3.8, 4) is 5.75 Å². The highest BCUT2D eigenvalue weighted by atomic mass is 35.5. The van der Waals surface area contributed by atoms with Crippen molar-refractivity contribution in [2.75, 3.05) is 24.2 Å². The number of rotatable bonds is 2. The summed E-state index contributed by atoms with van der Waals surface area (Å²) < 4.78 is 30.6. The molecule has 0 bridgehead atoms. The van der Waals surface area contributed by atoms with Gasteiger partial charge in [-0.25, -0.2) is 8.42 Å². The van der Waals surface area contributed by atoms with E-state index in [0.717, 1.165) is 6.26 Å². The largest absolute Gasteiger partial charge is 0.478 e. The smallest absolute Gasteiger partial charge is 0.260 e. The second-order valence-electron chi connectivity index (χ2n) is 4.46. The van der Waals surface area contributed by atoms with Gasteiger partial charge in [0, 0.05) is 25.0 Å². The molecule has 1 aromatic carbocycles. The molecule has 1 unspecified atom stereocenters. The molecule has 0 aliphatic carbocycles. The van der Waals surface area contributed by atoms with E-state index in [1.807, 2.05) is 0 Å². The summed E-state index contributed by atoms with van der Waals surface area (Å²) in [5, 5.41) is 2.90. The van der Waals surface area contributed by atoms with Crippen LogP contribution in [0.2, 0.25) is 5.02 Å². The van der Waals surface area contributed by atoms with Crippen LogP contribution in [0, 0.1) is 0 Å². The Balaban J connectivity index is 2.48. The average Bonchev–Trinajstić information content (AvgIpc) is 2.56. The number of hydrogen-bond donors (Lipinski definition) is 1. The van der Waals surface area contributed by atoms with E-state index in [0.29, 0.717) is 16.5 Å². The van der Waals surface area contributed by atoms with Gasteiger partial charge in [-0.2, -0.15) is 0 Å². The third-order valence-electron chi connectivity index (χ3n) is 2.99. The number of anilines is 1. The van der Waals surface area contributed by atoms with Gasteiger partial charge in [-0.05, 0) is 18.2 Å². The van der Waals surface area contributed by atoms with Crippen LogP contribution in [0.25, 0.3) is 0 Å². The highest BCUT2D eigenvalue weighted by molar-refractivity contribution is 7.92. The molecule has 1 amide bonds. The van der Waals surface area contributed by atoms with Gasteiger partial charge in [0.15, 0.2) is 6.10 Å². The zero-order valence-electron chi connectivity index (χ0n) is 11.1. The molecular formula is C12H15ClN2O4S. The van der Waals surface area contributed by atoms with Crippen LogP contribution in [0.1, 0.15) is 6.42 Å². The fourth-order valence-corrected chi connectivity index (χ4v) is 3.15. The summed E-state index contributed by atoms with van der Waals surface area (Å²) in [5.41, 5.74) is 0.353. The maximum Gasteiger partial charge on any atom is 0.260 e. The van der Waals surface area contributed by atoms with Gasteiger partial charge < -0.3 is 10.1 Å². The van der Waals surface area contributed by atoms with E-state index in [-0.39, 0.29) is 18.9 Å². The van der Waals surface area contributed by atoms with E-state index in [1.165, 1.54) is 17.4 Å². The highest BCUT2D eigenvalue weighted by Crippen LogP contribution is 2.36.